The minimum atomic E-state index is 0.149. The normalized spacial score (nSPS) is 20.5. The summed E-state index contributed by atoms with van der Waals surface area (Å²) >= 11 is 0.149. The zero-order valence-corrected chi connectivity index (χ0v) is 18.2. The molecule has 0 bridgehead atoms. The maximum absolute atomic E-state index is 6.13. The summed E-state index contributed by atoms with van der Waals surface area (Å²) in [7, 11) is 0. The molecule has 2 heteroatoms. The van der Waals surface area contributed by atoms with Crippen molar-refractivity contribution in [3.8, 4) is 0 Å². The van der Waals surface area contributed by atoms with E-state index >= 15 is 0 Å². The van der Waals surface area contributed by atoms with Crippen LogP contribution in [0.4, 0.5) is 0 Å². The number of ether oxygens (including phenoxy) is 1. The Kier molecular flexibility index (Phi) is 14.5. The quantitative estimate of drug-likeness (QED) is 0.313. The zero-order chi connectivity index (χ0) is 15.9. The second-order valence-electron chi connectivity index (χ2n) is 7.11. The molecule has 2 aliphatic rings. The Balaban J connectivity index is 0.000000239. The number of rotatable bonds is 8. The Bertz CT molecular complexity index is 198. The molecule has 0 aliphatic heterocycles. The molecule has 2 aliphatic carbocycles. The molecular formula is C20H40OSn. The van der Waals surface area contributed by atoms with Gasteiger partial charge in [-0.05, 0) is 25.7 Å². The van der Waals surface area contributed by atoms with Gasteiger partial charge < -0.3 is 4.74 Å². The van der Waals surface area contributed by atoms with Crippen LogP contribution in [0, 0.1) is 0 Å². The average Bonchev–Trinajstić information content (AvgIpc) is 2.57. The monoisotopic (exact) mass is 416 g/mol. The molecule has 0 heterocycles. The number of hydrogen-bond donors (Lipinski definition) is 0. The molecule has 0 unspecified atom stereocenters. The molecule has 2 fully saturated rings. The summed E-state index contributed by atoms with van der Waals surface area (Å²) in [5.41, 5.74) is 0. The van der Waals surface area contributed by atoms with Crippen LogP contribution in [0.15, 0.2) is 0 Å². The first-order valence-electron chi connectivity index (χ1n) is 10.2. The average molecular weight is 415 g/mol. The van der Waals surface area contributed by atoms with E-state index in [0.717, 1.165) is 0 Å². The van der Waals surface area contributed by atoms with Gasteiger partial charge in [-0.25, -0.2) is 0 Å². The molecule has 0 aromatic carbocycles. The van der Waals surface area contributed by atoms with E-state index in [-0.39, 0.29) is 21.1 Å². The maximum atomic E-state index is 6.13. The number of unbranched alkanes of at least 4 members (excludes halogenated alkanes) is 2. The van der Waals surface area contributed by atoms with E-state index in [2.05, 4.69) is 13.8 Å². The van der Waals surface area contributed by atoms with Crippen LogP contribution in [0.3, 0.4) is 0 Å². The molecule has 2 rings (SSSR count). The van der Waals surface area contributed by atoms with E-state index in [0.29, 0.717) is 12.2 Å². The van der Waals surface area contributed by atoms with E-state index in [4.69, 9.17) is 4.74 Å². The van der Waals surface area contributed by atoms with Crippen molar-refractivity contribution in [2.75, 3.05) is 0 Å². The first-order chi connectivity index (χ1) is 10.9. The Labute approximate surface area is 150 Å². The van der Waals surface area contributed by atoms with Crippen LogP contribution in [0.25, 0.3) is 0 Å². The molecule has 0 spiro atoms. The molecule has 1 nitrogen and oxygen atoms in total. The van der Waals surface area contributed by atoms with Gasteiger partial charge in [0.05, 0.1) is 12.2 Å². The van der Waals surface area contributed by atoms with Crippen LogP contribution >= 0.6 is 0 Å². The summed E-state index contributed by atoms with van der Waals surface area (Å²) in [6.45, 7) is 4.58. The zero-order valence-electron chi connectivity index (χ0n) is 15.4. The van der Waals surface area contributed by atoms with Crippen molar-refractivity contribution in [3.63, 3.8) is 0 Å². The molecule has 0 atom stereocenters. The first kappa shape index (κ1) is 20.8. The van der Waals surface area contributed by atoms with Gasteiger partial charge in [0.1, 0.15) is 0 Å². The molecule has 2 saturated carbocycles. The molecule has 0 aromatic heterocycles. The summed E-state index contributed by atoms with van der Waals surface area (Å²) in [6, 6.07) is 0. The van der Waals surface area contributed by atoms with Gasteiger partial charge in [-0.1, -0.05) is 38.5 Å². The summed E-state index contributed by atoms with van der Waals surface area (Å²) in [5.74, 6) is 0. The van der Waals surface area contributed by atoms with Crippen LogP contribution in [-0.2, 0) is 4.74 Å². The second kappa shape index (κ2) is 15.3. The third kappa shape index (κ3) is 11.3. The van der Waals surface area contributed by atoms with Crippen LogP contribution in [0.5, 0.6) is 0 Å². The predicted octanol–water partition coefficient (Wildman–Crippen LogP) is 6.80. The van der Waals surface area contributed by atoms with Crippen LogP contribution in [0.1, 0.15) is 104 Å². The Morgan fingerprint density at radius 1 is 0.682 bits per heavy atom. The van der Waals surface area contributed by atoms with Crippen molar-refractivity contribution >= 4 is 21.1 Å². The molecule has 0 amide bonds. The van der Waals surface area contributed by atoms with Gasteiger partial charge in [-0.3, -0.25) is 0 Å². The Morgan fingerprint density at radius 2 is 1.09 bits per heavy atom. The fraction of sp³-hybridized carbons (Fsp3) is 1.00. The van der Waals surface area contributed by atoms with Gasteiger partial charge >= 0.3 is 69.5 Å². The standard InChI is InChI=1S/C12H22O.2C4H9.Sn/c1-3-7-11(8-4-1)13-12-9-5-2-6-10-12;2*1-3-4-2;/h11-12H,1-10H2;2*1,3-4H2,2H3;. The van der Waals surface area contributed by atoms with E-state index in [1.165, 1.54) is 89.9 Å². The summed E-state index contributed by atoms with van der Waals surface area (Å²) < 4.78 is 9.38. The molecule has 22 heavy (non-hydrogen) atoms. The second-order valence-corrected chi connectivity index (χ2v) is 11.4. The summed E-state index contributed by atoms with van der Waals surface area (Å²) in [4.78, 5) is 0. The van der Waals surface area contributed by atoms with Gasteiger partial charge in [-0.2, -0.15) is 0 Å². The molecule has 0 N–H and O–H groups in total. The van der Waals surface area contributed by atoms with Crippen molar-refractivity contribution in [1.82, 2.24) is 0 Å². The van der Waals surface area contributed by atoms with Gasteiger partial charge in [0.15, 0.2) is 0 Å². The Morgan fingerprint density at radius 3 is 1.45 bits per heavy atom. The van der Waals surface area contributed by atoms with Crippen molar-refractivity contribution in [2.45, 2.75) is 125 Å². The summed E-state index contributed by atoms with van der Waals surface area (Å²) in [6.07, 6.45) is 20.9. The first-order valence-corrected chi connectivity index (χ1v) is 14.3. The van der Waals surface area contributed by atoms with Crippen molar-refractivity contribution in [3.05, 3.63) is 0 Å². The third-order valence-corrected chi connectivity index (χ3v) is 8.94. The Hall–Kier alpha value is 0.759. The SMILES string of the molecule is C1CCC(OC2CCCCC2)CC1.CCC[CH2][Sn][CH2]CCC. The van der Waals surface area contributed by atoms with Gasteiger partial charge in [0.2, 0.25) is 0 Å². The fourth-order valence-corrected chi connectivity index (χ4v) is 7.56. The topological polar surface area (TPSA) is 9.23 Å². The van der Waals surface area contributed by atoms with Crippen molar-refractivity contribution in [1.29, 1.82) is 0 Å². The van der Waals surface area contributed by atoms with E-state index in [1.54, 1.807) is 8.87 Å². The van der Waals surface area contributed by atoms with Gasteiger partial charge in [0.25, 0.3) is 0 Å². The van der Waals surface area contributed by atoms with Crippen LogP contribution in [0.2, 0.25) is 8.87 Å². The van der Waals surface area contributed by atoms with Crippen LogP contribution < -0.4 is 0 Å². The molecular weight excluding hydrogens is 375 g/mol. The van der Waals surface area contributed by atoms with E-state index < -0.39 is 0 Å². The molecule has 130 valence electrons. The van der Waals surface area contributed by atoms with Crippen molar-refractivity contribution < 1.29 is 4.74 Å². The van der Waals surface area contributed by atoms with Crippen LogP contribution in [-0.4, -0.2) is 33.4 Å². The van der Waals surface area contributed by atoms with Gasteiger partial charge in [0, 0.05) is 0 Å². The third-order valence-electron chi connectivity index (χ3n) is 4.90. The molecule has 2 radical (unpaired) electrons. The molecule has 0 saturated heterocycles. The number of hydrogen-bond acceptors (Lipinski definition) is 1. The van der Waals surface area contributed by atoms with E-state index in [1.807, 2.05) is 0 Å². The molecule has 0 aromatic rings. The van der Waals surface area contributed by atoms with Gasteiger partial charge in [-0.15, -0.1) is 0 Å². The predicted molar refractivity (Wildman–Crippen MR) is 100 cm³/mol. The fourth-order valence-electron chi connectivity index (χ4n) is 3.40. The van der Waals surface area contributed by atoms with Crippen molar-refractivity contribution in [2.24, 2.45) is 0 Å². The minimum absolute atomic E-state index is 0.149. The van der Waals surface area contributed by atoms with E-state index in [9.17, 15) is 0 Å². The summed E-state index contributed by atoms with van der Waals surface area (Å²) in [5, 5.41) is 0.